The van der Waals surface area contributed by atoms with Crippen LogP contribution in [-0.4, -0.2) is 11.6 Å². The predicted octanol–water partition coefficient (Wildman–Crippen LogP) is 3.43. The molecule has 3 rings (SSSR count). The molecule has 1 aliphatic rings. The van der Waals surface area contributed by atoms with Crippen molar-refractivity contribution < 1.29 is 4.39 Å². The third-order valence-corrected chi connectivity index (χ3v) is 4.95. The summed E-state index contributed by atoms with van der Waals surface area (Å²) < 4.78 is 13.4. The normalized spacial score (nSPS) is 20.5. The highest BCUT2D eigenvalue weighted by Crippen LogP contribution is 2.45. The molecule has 3 nitrogen and oxygen atoms in total. The van der Waals surface area contributed by atoms with E-state index in [2.05, 4.69) is 22.7 Å². The lowest BCUT2D eigenvalue weighted by atomic mass is 10.0. The number of rotatable bonds is 5. The molecule has 0 bridgehead atoms. The summed E-state index contributed by atoms with van der Waals surface area (Å²) in [6, 6.07) is 16.5. The van der Waals surface area contributed by atoms with Crippen molar-refractivity contribution in [2.24, 2.45) is 10.8 Å². The van der Waals surface area contributed by atoms with Crippen molar-refractivity contribution in [3.05, 3.63) is 71.5 Å². The maximum atomic E-state index is 13.4. The molecule has 2 aromatic rings. The molecular weight excluding hydrogens is 297 g/mol. The molecule has 2 aromatic carbocycles. The molecule has 0 amide bonds. The van der Waals surface area contributed by atoms with Gasteiger partial charge in [0.05, 0.1) is 0 Å². The number of nitrogens with two attached hydrogens (primary N) is 1. The lowest BCUT2D eigenvalue weighted by molar-refractivity contribution is 0.455. The lowest BCUT2D eigenvalue weighted by Crippen LogP contribution is -2.28. The van der Waals surface area contributed by atoms with Gasteiger partial charge in [-0.25, -0.2) is 4.39 Å². The molecule has 0 aliphatic carbocycles. The zero-order chi connectivity index (χ0) is 15.4. The van der Waals surface area contributed by atoms with E-state index in [0.29, 0.717) is 6.54 Å². The van der Waals surface area contributed by atoms with Crippen molar-refractivity contribution in [2.45, 2.75) is 17.7 Å². The van der Waals surface area contributed by atoms with Gasteiger partial charge in [-0.15, -0.1) is 5.10 Å². The topological polar surface area (TPSA) is 52.5 Å². The molecule has 0 saturated carbocycles. The van der Waals surface area contributed by atoms with Crippen molar-refractivity contribution in [3.8, 4) is 0 Å². The van der Waals surface area contributed by atoms with Crippen LogP contribution in [0.3, 0.4) is 0 Å². The zero-order valence-corrected chi connectivity index (χ0v) is 12.9. The second-order valence-electron chi connectivity index (χ2n) is 5.16. The molecule has 0 saturated heterocycles. The van der Waals surface area contributed by atoms with Crippen LogP contribution in [0.2, 0.25) is 0 Å². The largest absolute Gasteiger partial charge is 0.330 e. The smallest absolute Gasteiger partial charge is 0.158 e. The first-order chi connectivity index (χ1) is 10.7. The van der Waals surface area contributed by atoms with Gasteiger partial charge in [0, 0.05) is 5.56 Å². The molecule has 1 unspecified atom stereocenters. The molecular formula is C17H17FN3S. The van der Waals surface area contributed by atoms with Crippen LogP contribution in [0.1, 0.15) is 24.0 Å². The number of halogens is 1. The number of hydrogen-bond donors (Lipinski definition) is 1. The highest BCUT2D eigenvalue weighted by molar-refractivity contribution is 8.15. The summed E-state index contributed by atoms with van der Waals surface area (Å²) in [5.41, 5.74) is 12.1. The van der Waals surface area contributed by atoms with Crippen LogP contribution in [0, 0.1) is 5.82 Å². The monoisotopic (exact) mass is 314 g/mol. The van der Waals surface area contributed by atoms with E-state index in [1.54, 1.807) is 17.8 Å². The molecule has 2 N–H and O–H groups in total. The minimum Gasteiger partial charge on any atom is -0.330 e. The van der Waals surface area contributed by atoms with Crippen molar-refractivity contribution in [1.82, 2.24) is 5.43 Å². The summed E-state index contributed by atoms with van der Waals surface area (Å²) in [4.78, 5) is -0.456. The van der Waals surface area contributed by atoms with Gasteiger partial charge in [0.25, 0.3) is 0 Å². The quantitative estimate of drug-likeness (QED) is 0.919. The number of thioether (sulfide) groups is 1. The molecule has 5 heteroatoms. The Kier molecular flexibility index (Phi) is 4.45. The first kappa shape index (κ1) is 15.1. The lowest BCUT2D eigenvalue weighted by Gasteiger charge is -2.26. The second kappa shape index (κ2) is 6.50. The van der Waals surface area contributed by atoms with Gasteiger partial charge in [0.1, 0.15) is 10.9 Å². The standard InChI is InChI=1S/C17H17FN3S/c18-15-9-4-6-13(12-15)16-20-21-17(22-16,10-5-11-19)14-7-2-1-3-8-14/h1-4,6-9,12H,5,10-11,19H2. The summed E-state index contributed by atoms with van der Waals surface area (Å²) in [5.74, 6) is -0.264. The summed E-state index contributed by atoms with van der Waals surface area (Å²) >= 11 is 1.57. The average Bonchev–Trinajstić information content (AvgIpc) is 3.00. The van der Waals surface area contributed by atoms with Gasteiger partial charge in [-0.2, -0.15) is 5.43 Å². The van der Waals surface area contributed by atoms with E-state index >= 15 is 0 Å². The summed E-state index contributed by atoms with van der Waals surface area (Å²) in [5, 5.41) is 5.08. The molecule has 113 valence electrons. The zero-order valence-electron chi connectivity index (χ0n) is 12.1. The third kappa shape index (κ3) is 3.00. The predicted molar refractivity (Wildman–Crippen MR) is 89.1 cm³/mol. The van der Waals surface area contributed by atoms with Gasteiger partial charge in [-0.1, -0.05) is 54.2 Å². The van der Waals surface area contributed by atoms with Gasteiger partial charge < -0.3 is 5.73 Å². The molecule has 1 aliphatic heterocycles. The maximum absolute atomic E-state index is 13.4. The van der Waals surface area contributed by atoms with E-state index in [1.807, 2.05) is 24.3 Å². The molecule has 22 heavy (non-hydrogen) atoms. The van der Waals surface area contributed by atoms with Crippen molar-refractivity contribution in [2.75, 3.05) is 6.54 Å². The number of hydrogen-bond acceptors (Lipinski definition) is 3. The molecule has 1 atom stereocenters. The van der Waals surface area contributed by atoms with Crippen LogP contribution in [0.15, 0.2) is 59.7 Å². The van der Waals surface area contributed by atoms with Crippen LogP contribution in [0.5, 0.6) is 0 Å². The van der Waals surface area contributed by atoms with Gasteiger partial charge in [-0.05, 0) is 37.1 Å². The number of benzene rings is 2. The van der Waals surface area contributed by atoms with E-state index in [1.165, 1.54) is 12.1 Å². The maximum Gasteiger partial charge on any atom is 0.158 e. The SMILES string of the molecule is NCCCC1(c2ccccc2)[N]N=C(c2cccc(F)c2)S1. The molecule has 0 fully saturated rings. The van der Waals surface area contributed by atoms with Crippen LogP contribution in [-0.2, 0) is 4.87 Å². The van der Waals surface area contributed by atoms with Crippen molar-refractivity contribution in [1.29, 1.82) is 0 Å². The Bertz CT molecular complexity index is 675. The Hall–Kier alpha value is -1.85. The second-order valence-corrected chi connectivity index (χ2v) is 6.43. The van der Waals surface area contributed by atoms with Gasteiger partial charge in [-0.3, -0.25) is 0 Å². The highest BCUT2D eigenvalue weighted by atomic mass is 32.2. The Labute approximate surface area is 133 Å². The Morgan fingerprint density at radius 1 is 1.09 bits per heavy atom. The van der Waals surface area contributed by atoms with Crippen LogP contribution < -0.4 is 11.2 Å². The third-order valence-electron chi connectivity index (χ3n) is 3.58. The van der Waals surface area contributed by atoms with Crippen LogP contribution >= 0.6 is 11.8 Å². The van der Waals surface area contributed by atoms with Crippen molar-refractivity contribution >= 4 is 16.8 Å². The van der Waals surface area contributed by atoms with Gasteiger partial charge in [0.15, 0.2) is 4.87 Å². The average molecular weight is 314 g/mol. The fraction of sp³-hybridized carbons (Fsp3) is 0.235. The highest BCUT2D eigenvalue weighted by Gasteiger charge is 2.40. The van der Waals surface area contributed by atoms with Crippen LogP contribution in [0.4, 0.5) is 4.39 Å². The summed E-state index contributed by atoms with van der Waals surface area (Å²) in [7, 11) is 0. The fourth-order valence-corrected chi connectivity index (χ4v) is 3.70. The Morgan fingerprint density at radius 2 is 1.91 bits per heavy atom. The minimum atomic E-state index is -0.456. The van der Waals surface area contributed by atoms with E-state index in [4.69, 9.17) is 5.73 Å². The fourth-order valence-electron chi connectivity index (χ4n) is 2.47. The first-order valence-electron chi connectivity index (χ1n) is 7.24. The Morgan fingerprint density at radius 3 is 2.64 bits per heavy atom. The number of nitrogens with zero attached hydrogens (tertiary/aromatic N) is 2. The van der Waals surface area contributed by atoms with E-state index in [0.717, 1.165) is 29.0 Å². The summed E-state index contributed by atoms with van der Waals surface area (Å²) in [6.45, 7) is 0.611. The van der Waals surface area contributed by atoms with Crippen LogP contribution in [0.25, 0.3) is 0 Å². The van der Waals surface area contributed by atoms with Gasteiger partial charge in [0.2, 0.25) is 0 Å². The molecule has 0 spiro atoms. The molecule has 0 aromatic heterocycles. The molecule has 1 radical (unpaired) electrons. The first-order valence-corrected chi connectivity index (χ1v) is 8.05. The van der Waals surface area contributed by atoms with Gasteiger partial charge >= 0.3 is 0 Å². The molecule has 1 heterocycles. The summed E-state index contributed by atoms with van der Waals surface area (Å²) in [6.07, 6.45) is 1.66. The van der Waals surface area contributed by atoms with E-state index in [-0.39, 0.29) is 5.82 Å². The minimum absolute atomic E-state index is 0.264. The van der Waals surface area contributed by atoms with Crippen molar-refractivity contribution in [3.63, 3.8) is 0 Å². The van der Waals surface area contributed by atoms with E-state index < -0.39 is 4.87 Å². The van der Waals surface area contributed by atoms with E-state index in [9.17, 15) is 4.39 Å². The Balaban J connectivity index is 1.89.